The van der Waals surface area contributed by atoms with Crippen molar-refractivity contribution in [3.63, 3.8) is 0 Å². The Kier molecular flexibility index (Phi) is 5.42. The minimum absolute atomic E-state index is 0. The molecule has 1 saturated heterocycles. The molecule has 1 rings (SSSR count). The molecule has 0 aliphatic carbocycles. The van der Waals surface area contributed by atoms with Crippen molar-refractivity contribution in [3.8, 4) is 0 Å². The molecule has 3 N–H and O–H groups in total. The molecule has 1 aliphatic rings. The van der Waals surface area contributed by atoms with Gasteiger partial charge in [0.25, 0.3) is 0 Å². The maximum Gasteiger partial charge on any atom is 0.236 e. The first-order valence-electron chi connectivity index (χ1n) is 5.58. The lowest BCUT2D eigenvalue weighted by molar-refractivity contribution is -0.131. The van der Waals surface area contributed by atoms with Crippen LogP contribution in [0, 0.1) is 0 Å². The number of likely N-dealkylation sites (tertiary alicyclic amines) is 1. The van der Waals surface area contributed by atoms with E-state index in [1.807, 2.05) is 20.8 Å². The number of carbonyl (C=O) groups excluding carboxylic acids is 2. The summed E-state index contributed by atoms with van der Waals surface area (Å²) in [5.41, 5.74) is 5.27. The Bertz CT molecular complexity index is 300. The van der Waals surface area contributed by atoms with Crippen LogP contribution in [0.2, 0.25) is 0 Å². The van der Waals surface area contributed by atoms with Crippen LogP contribution < -0.4 is 11.1 Å². The molecule has 1 unspecified atom stereocenters. The van der Waals surface area contributed by atoms with E-state index in [9.17, 15) is 9.59 Å². The largest absolute Gasteiger partial charge is 0.350 e. The molecular formula is C11H22ClN3O2. The lowest BCUT2D eigenvalue weighted by atomic mass is 10.1. The van der Waals surface area contributed by atoms with Crippen molar-refractivity contribution >= 4 is 24.2 Å². The molecule has 0 aromatic carbocycles. The molecule has 1 heterocycles. The molecule has 0 radical (unpaired) electrons. The highest BCUT2D eigenvalue weighted by molar-refractivity contribution is 5.85. The summed E-state index contributed by atoms with van der Waals surface area (Å²) in [5, 5.41) is 2.78. The summed E-state index contributed by atoms with van der Waals surface area (Å²) in [6, 6.07) is -0.635. The van der Waals surface area contributed by atoms with E-state index in [-0.39, 0.29) is 35.8 Å². The molecule has 2 amide bonds. The third-order valence-corrected chi connectivity index (χ3v) is 2.69. The van der Waals surface area contributed by atoms with Crippen LogP contribution in [0.3, 0.4) is 0 Å². The van der Waals surface area contributed by atoms with Gasteiger partial charge in [-0.25, -0.2) is 0 Å². The number of hydrogen-bond donors (Lipinski definition) is 2. The highest BCUT2D eigenvalue weighted by atomic mass is 35.5. The lowest BCUT2D eigenvalue weighted by Gasteiger charge is -2.32. The first-order chi connectivity index (χ1) is 7.21. The van der Waals surface area contributed by atoms with Gasteiger partial charge in [0.15, 0.2) is 0 Å². The van der Waals surface area contributed by atoms with E-state index in [0.29, 0.717) is 13.0 Å². The van der Waals surface area contributed by atoms with E-state index < -0.39 is 6.04 Å². The second-order valence-electron chi connectivity index (χ2n) is 5.37. The molecule has 17 heavy (non-hydrogen) atoms. The van der Waals surface area contributed by atoms with Crippen LogP contribution in [0.1, 0.15) is 34.1 Å². The minimum Gasteiger partial charge on any atom is -0.350 e. The predicted octanol–water partition coefficient (Wildman–Crippen LogP) is 0.271. The van der Waals surface area contributed by atoms with Crippen molar-refractivity contribution in [1.29, 1.82) is 0 Å². The first kappa shape index (κ1) is 16.2. The van der Waals surface area contributed by atoms with Gasteiger partial charge in [-0.3, -0.25) is 9.59 Å². The zero-order valence-corrected chi connectivity index (χ0v) is 11.6. The number of halogens is 1. The van der Waals surface area contributed by atoms with E-state index in [1.165, 1.54) is 0 Å². The lowest BCUT2D eigenvalue weighted by Crippen LogP contribution is -2.47. The molecule has 1 fully saturated rings. The molecule has 0 saturated carbocycles. The molecule has 0 spiro atoms. The van der Waals surface area contributed by atoms with Crippen molar-refractivity contribution < 1.29 is 9.59 Å². The van der Waals surface area contributed by atoms with Gasteiger partial charge in [0.2, 0.25) is 11.8 Å². The van der Waals surface area contributed by atoms with Gasteiger partial charge < -0.3 is 16.0 Å². The van der Waals surface area contributed by atoms with Gasteiger partial charge in [-0.2, -0.15) is 0 Å². The third-order valence-electron chi connectivity index (χ3n) is 2.69. The van der Waals surface area contributed by atoms with E-state index in [2.05, 4.69) is 5.32 Å². The number of nitrogens with zero attached hydrogens (tertiary/aromatic N) is 1. The Hall–Kier alpha value is -0.810. The van der Waals surface area contributed by atoms with E-state index in [1.54, 1.807) is 11.8 Å². The summed E-state index contributed by atoms with van der Waals surface area (Å²) in [7, 11) is 0. The zero-order valence-electron chi connectivity index (χ0n) is 10.8. The molecule has 1 aliphatic heterocycles. The fourth-order valence-corrected chi connectivity index (χ4v) is 1.79. The SMILES string of the molecule is C[C@H](N)C(=O)NC1CC(=O)N(C(C)(C)C)C1.Cl. The molecule has 0 aromatic heterocycles. The molecule has 0 bridgehead atoms. The normalized spacial score (nSPS) is 22.1. The van der Waals surface area contributed by atoms with Crippen LogP contribution in [0.25, 0.3) is 0 Å². The minimum atomic E-state index is -0.529. The Morgan fingerprint density at radius 2 is 2.06 bits per heavy atom. The topological polar surface area (TPSA) is 75.4 Å². The van der Waals surface area contributed by atoms with Gasteiger partial charge in [0.1, 0.15) is 0 Å². The van der Waals surface area contributed by atoms with Gasteiger partial charge in [0, 0.05) is 18.5 Å². The third kappa shape index (κ3) is 4.16. The average molecular weight is 264 g/mol. The number of carbonyl (C=O) groups is 2. The zero-order chi connectivity index (χ0) is 12.5. The number of amides is 2. The summed E-state index contributed by atoms with van der Waals surface area (Å²) in [5.74, 6) is -0.115. The van der Waals surface area contributed by atoms with Crippen LogP contribution in [0.5, 0.6) is 0 Å². The van der Waals surface area contributed by atoms with Crippen LogP contribution in [-0.2, 0) is 9.59 Å². The molecule has 6 heteroatoms. The Labute approximate surface area is 109 Å². The van der Waals surface area contributed by atoms with Crippen molar-refractivity contribution in [2.75, 3.05) is 6.54 Å². The second-order valence-corrected chi connectivity index (χ2v) is 5.37. The first-order valence-corrected chi connectivity index (χ1v) is 5.58. The van der Waals surface area contributed by atoms with Gasteiger partial charge in [-0.1, -0.05) is 0 Å². The molecule has 0 aromatic rings. The maximum atomic E-state index is 11.7. The number of nitrogens with two attached hydrogens (primary N) is 1. The standard InChI is InChI=1S/C11H21N3O2.ClH/c1-7(12)10(16)13-8-5-9(15)14(6-8)11(2,3)4;/h7-8H,5-6,12H2,1-4H3,(H,13,16);1H/t7-,8?;/m0./s1. The van der Waals surface area contributed by atoms with Crippen molar-refractivity contribution in [1.82, 2.24) is 10.2 Å². The fourth-order valence-electron chi connectivity index (χ4n) is 1.79. The molecule has 2 atom stereocenters. The van der Waals surface area contributed by atoms with Crippen LogP contribution in [0.4, 0.5) is 0 Å². The second kappa shape index (κ2) is 5.69. The van der Waals surface area contributed by atoms with E-state index in [0.717, 1.165) is 0 Å². The highest BCUT2D eigenvalue weighted by Crippen LogP contribution is 2.21. The van der Waals surface area contributed by atoms with Gasteiger partial charge in [0.05, 0.1) is 12.1 Å². The predicted molar refractivity (Wildman–Crippen MR) is 68.9 cm³/mol. The number of hydrogen-bond acceptors (Lipinski definition) is 3. The maximum absolute atomic E-state index is 11.7. The average Bonchev–Trinajstić information content (AvgIpc) is 2.45. The Balaban J connectivity index is 0.00000256. The monoisotopic (exact) mass is 263 g/mol. The highest BCUT2D eigenvalue weighted by Gasteiger charge is 2.36. The van der Waals surface area contributed by atoms with Crippen LogP contribution >= 0.6 is 12.4 Å². The summed E-state index contributed by atoms with van der Waals surface area (Å²) in [6.45, 7) is 8.16. The van der Waals surface area contributed by atoms with Gasteiger partial charge >= 0.3 is 0 Å². The summed E-state index contributed by atoms with van der Waals surface area (Å²) >= 11 is 0. The summed E-state index contributed by atoms with van der Waals surface area (Å²) in [6.07, 6.45) is 0.371. The molecule has 5 nitrogen and oxygen atoms in total. The van der Waals surface area contributed by atoms with Crippen molar-refractivity contribution in [3.05, 3.63) is 0 Å². The van der Waals surface area contributed by atoms with E-state index in [4.69, 9.17) is 5.73 Å². The smallest absolute Gasteiger partial charge is 0.236 e. The summed E-state index contributed by atoms with van der Waals surface area (Å²) < 4.78 is 0. The summed E-state index contributed by atoms with van der Waals surface area (Å²) in [4.78, 5) is 24.9. The Morgan fingerprint density at radius 1 is 1.53 bits per heavy atom. The number of rotatable bonds is 2. The van der Waals surface area contributed by atoms with Crippen molar-refractivity contribution in [2.45, 2.75) is 51.7 Å². The fraction of sp³-hybridized carbons (Fsp3) is 0.818. The van der Waals surface area contributed by atoms with E-state index >= 15 is 0 Å². The van der Waals surface area contributed by atoms with Crippen LogP contribution in [0.15, 0.2) is 0 Å². The molecule has 100 valence electrons. The molecular weight excluding hydrogens is 242 g/mol. The Morgan fingerprint density at radius 3 is 2.41 bits per heavy atom. The van der Waals surface area contributed by atoms with Crippen LogP contribution in [-0.4, -0.2) is 40.9 Å². The van der Waals surface area contributed by atoms with Gasteiger partial charge in [-0.05, 0) is 27.7 Å². The van der Waals surface area contributed by atoms with Gasteiger partial charge in [-0.15, -0.1) is 12.4 Å². The van der Waals surface area contributed by atoms with Crippen molar-refractivity contribution in [2.24, 2.45) is 5.73 Å². The quantitative estimate of drug-likeness (QED) is 0.751. The number of nitrogens with one attached hydrogen (secondary N) is 1.